The first-order valence-electron chi connectivity index (χ1n) is 10.8. The van der Waals surface area contributed by atoms with Crippen molar-refractivity contribution < 1.29 is 14.3 Å². The van der Waals surface area contributed by atoms with Crippen molar-refractivity contribution in [3.63, 3.8) is 0 Å². The number of amides is 2. The average molecular weight is 383 g/mol. The van der Waals surface area contributed by atoms with E-state index in [0.717, 1.165) is 23.5 Å². The molecule has 5 heteroatoms. The first-order valence-corrected chi connectivity index (χ1v) is 10.8. The summed E-state index contributed by atoms with van der Waals surface area (Å²) in [7, 11) is 0. The van der Waals surface area contributed by atoms with Crippen molar-refractivity contribution in [1.29, 1.82) is 0 Å². The molecule has 6 rings (SSSR count). The van der Waals surface area contributed by atoms with Gasteiger partial charge < -0.3 is 15.0 Å². The Kier molecular flexibility index (Phi) is 4.37. The Morgan fingerprint density at radius 3 is 2.29 bits per heavy atom. The molecular weight excluding hydrogens is 352 g/mol. The van der Waals surface area contributed by atoms with Gasteiger partial charge in [0.1, 0.15) is 5.75 Å². The molecule has 0 spiro atoms. The van der Waals surface area contributed by atoms with Gasteiger partial charge in [0.25, 0.3) is 5.91 Å². The lowest BCUT2D eigenvalue weighted by Gasteiger charge is -2.57. The van der Waals surface area contributed by atoms with Crippen molar-refractivity contribution in [3.8, 4) is 5.75 Å². The summed E-state index contributed by atoms with van der Waals surface area (Å²) in [6, 6.07) is 8.52. The van der Waals surface area contributed by atoms with Crippen molar-refractivity contribution in [2.75, 3.05) is 19.6 Å². The average Bonchev–Trinajstić information content (AvgIpc) is 2.67. The van der Waals surface area contributed by atoms with Crippen LogP contribution in [0, 0.1) is 17.8 Å². The quantitative estimate of drug-likeness (QED) is 0.871. The Balaban J connectivity index is 1.25. The van der Waals surface area contributed by atoms with Crippen molar-refractivity contribution >= 4 is 11.8 Å². The Labute approximate surface area is 166 Å². The molecule has 1 aromatic carbocycles. The van der Waals surface area contributed by atoms with E-state index in [2.05, 4.69) is 17.4 Å². The number of hydrogen-bond donors (Lipinski definition) is 1. The summed E-state index contributed by atoms with van der Waals surface area (Å²) in [6.45, 7) is 2.94. The standard InChI is InChI=1S/C23H30N2O3/c1-15(22(27)25-7-6-24-21(26)14-25)28-20-4-2-19(3-5-20)23-11-16-8-17(12-23)10-18(9-16)13-23/h2-5,15-18H,6-14H2,1H3,(H,24,26)/t15-,16?,17?,18?,23?/m1/s1. The predicted molar refractivity (Wildman–Crippen MR) is 106 cm³/mol. The highest BCUT2D eigenvalue weighted by Gasteiger charge is 2.51. The summed E-state index contributed by atoms with van der Waals surface area (Å²) in [5.74, 6) is 3.30. The number of rotatable bonds is 4. The molecule has 1 aliphatic heterocycles. The molecule has 0 aromatic heterocycles. The maximum atomic E-state index is 12.6. The van der Waals surface area contributed by atoms with Crippen LogP contribution in [0.15, 0.2) is 24.3 Å². The Bertz CT molecular complexity index is 737. The van der Waals surface area contributed by atoms with Crippen molar-refractivity contribution in [1.82, 2.24) is 10.2 Å². The van der Waals surface area contributed by atoms with E-state index in [9.17, 15) is 9.59 Å². The smallest absolute Gasteiger partial charge is 0.263 e. The summed E-state index contributed by atoms with van der Waals surface area (Å²) in [5, 5.41) is 2.74. The third-order valence-corrected chi connectivity index (χ3v) is 7.52. The van der Waals surface area contributed by atoms with E-state index in [1.165, 1.54) is 44.1 Å². The maximum absolute atomic E-state index is 12.6. The van der Waals surface area contributed by atoms with Gasteiger partial charge in [-0.25, -0.2) is 0 Å². The van der Waals surface area contributed by atoms with E-state index >= 15 is 0 Å². The molecule has 4 saturated carbocycles. The number of piperazine rings is 1. The lowest BCUT2D eigenvalue weighted by molar-refractivity contribution is -0.143. The topological polar surface area (TPSA) is 58.6 Å². The Morgan fingerprint density at radius 1 is 1.11 bits per heavy atom. The van der Waals surface area contributed by atoms with Crippen molar-refractivity contribution in [2.45, 2.75) is 57.0 Å². The molecular formula is C23H30N2O3. The monoisotopic (exact) mass is 382 g/mol. The fourth-order valence-corrected chi connectivity index (χ4v) is 6.69. The molecule has 4 aliphatic carbocycles. The van der Waals surface area contributed by atoms with Gasteiger partial charge in [0.15, 0.2) is 6.10 Å². The molecule has 1 aromatic rings. The van der Waals surface area contributed by atoms with Gasteiger partial charge in [-0.1, -0.05) is 12.1 Å². The molecule has 5 aliphatic rings. The van der Waals surface area contributed by atoms with Crippen LogP contribution in [0.2, 0.25) is 0 Å². The van der Waals surface area contributed by atoms with Crippen LogP contribution in [0.25, 0.3) is 0 Å². The lowest BCUT2D eigenvalue weighted by Crippen LogP contribution is -2.53. The first-order chi connectivity index (χ1) is 13.5. The second-order valence-electron chi connectivity index (χ2n) is 9.59. The molecule has 5 nitrogen and oxygen atoms in total. The third kappa shape index (κ3) is 3.19. The third-order valence-electron chi connectivity index (χ3n) is 7.52. The summed E-state index contributed by atoms with van der Waals surface area (Å²) in [5.41, 5.74) is 1.85. The molecule has 1 atom stereocenters. The largest absolute Gasteiger partial charge is 0.481 e. The Morgan fingerprint density at radius 2 is 1.71 bits per heavy atom. The second-order valence-corrected chi connectivity index (χ2v) is 9.59. The van der Waals surface area contributed by atoms with Crippen LogP contribution in [0.5, 0.6) is 5.75 Å². The highest BCUT2D eigenvalue weighted by atomic mass is 16.5. The van der Waals surface area contributed by atoms with Crippen LogP contribution >= 0.6 is 0 Å². The molecule has 4 bridgehead atoms. The molecule has 5 fully saturated rings. The molecule has 1 saturated heterocycles. The fraction of sp³-hybridized carbons (Fsp3) is 0.652. The van der Waals surface area contributed by atoms with Gasteiger partial charge in [0, 0.05) is 13.1 Å². The van der Waals surface area contributed by atoms with E-state index in [1.54, 1.807) is 11.8 Å². The summed E-state index contributed by atoms with van der Waals surface area (Å²) in [4.78, 5) is 25.7. The highest BCUT2D eigenvalue weighted by Crippen LogP contribution is 2.60. The van der Waals surface area contributed by atoms with Crippen molar-refractivity contribution in [2.24, 2.45) is 17.8 Å². The number of carbonyl (C=O) groups is 2. The van der Waals surface area contributed by atoms with Crippen LogP contribution in [-0.2, 0) is 15.0 Å². The van der Waals surface area contributed by atoms with Gasteiger partial charge in [-0.3, -0.25) is 9.59 Å². The zero-order chi connectivity index (χ0) is 19.3. The summed E-state index contributed by atoms with van der Waals surface area (Å²) in [6.07, 6.45) is 7.83. The van der Waals surface area contributed by atoms with E-state index in [0.29, 0.717) is 18.5 Å². The van der Waals surface area contributed by atoms with Crippen LogP contribution in [0.3, 0.4) is 0 Å². The predicted octanol–water partition coefficient (Wildman–Crippen LogP) is 2.88. The number of nitrogens with one attached hydrogen (secondary N) is 1. The normalized spacial score (nSPS) is 34.8. The van der Waals surface area contributed by atoms with Gasteiger partial charge >= 0.3 is 0 Å². The van der Waals surface area contributed by atoms with Gasteiger partial charge in [0.2, 0.25) is 5.91 Å². The molecule has 28 heavy (non-hydrogen) atoms. The fourth-order valence-electron chi connectivity index (χ4n) is 6.69. The van der Waals surface area contributed by atoms with E-state index in [-0.39, 0.29) is 18.4 Å². The second kappa shape index (κ2) is 6.78. The zero-order valence-electron chi connectivity index (χ0n) is 16.7. The minimum Gasteiger partial charge on any atom is -0.481 e. The Hall–Kier alpha value is -2.04. The lowest BCUT2D eigenvalue weighted by atomic mass is 9.48. The molecule has 1 heterocycles. The molecule has 2 amide bonds. The molecule has 150 valence electrons. The van der Waals surface area contributed by atoms with Gasteiger partial charge in [-0.15, -0.1) is 0 Å². The van der Waals surface area contributed by atoms with Crippen molar-refractivity contribution in [3.05, 3.63) is 29.8 Å². The van der Waals surface area contributed by atoms with E-state index < -0.39 is 6.10 Å². The minimum absolute atomic E-state index is 0.105. The van der Waals surface area contributed by atoms with Crippen LogP contribution in [0.1, 0.15) is 51.0 Å². The summed E-state index contributed by atoms with van der Waals surface area (Å²) < 4.78 is 5.92. The highest BCUT2D eigenvalue weighted by molar-refractivity contribution is 5.88. The number of ether oxygens (including phenoxy) is 1. The zero-order valence-corrected chi connectivity index (χ0v) is 16.7. The van der Waals surface area contributed by atoms with E-state index in [4.69, 9.17) is 4.74 Å². The minimum atomic E-state index is -0.587. The van der Waals surface area contributed by atoms with Gasteiger partial charge in [0.05, 0.1) is 6.54 Å². The number of carbonyl (C=O) groups excluding carboxylic acids is 2. The van der Waals surface area contributed by atoms with Crippen LogP contribution < -0.4 is 10.1 Å². The molecule has 1 N–H and O–H groups in total. The number of benzene rings is 1. The number of nitrogens with zero attached hydrogens (tertiary/aromatic N) is 1. The van der Waals surface area contributed by atoms with Crippen LogP contribution in [-0.4, -0.2) is 42.5 Å². The SMILES string of the molecule is C[C@@H](Oc1ccc(C23CC4CC(CC(C4)C2)C3)cc1)C(=O)N1CCNC(=O)C1. The molecule has 0 radical (unpaired) electrons. The number of hydrogen-bond acceptors (Lipinski definition) is 3. The first kappa shape index (κ1) is 18.0. The van der Waals surface area contributed by atoms with Gasteiger partial charge in [-0.05, 0) is 86.3 Å². The summed E-state index contributed by atoms with van der Waals surface area (Å²) >= 11 is 0. The van der Waals surface area contributed by atoms with Gasteiger partial charge in [-0.2, -0.15) is 0 Å². The maximum Gasteiger partial charge on any atom is 0.263 e. The van der Waals surface area contributed by atoms with E-state index in [1.807, 2.05) is 12.1 Å². The molecule has 0 unspecified atom stereocenters. The van der Waals surface area contributed by atoms with Crippen LogP contribution in [0.4, 0.5) is 0 Å².